The summed E-state index contributed by atoms with van der Waals surface area (Å²) in [7, 11) is 0. The summed E-state index contributed by atoms with van der Waals surface area (Å²) >= 11 is 0. The van der Waals surface area contributed by atoms with Crippen LogP contribution in [0.5, 0.6) is 0 Å². The summed E-state index contributed by atoms with van der Waals surface area (Å²) in [6.45, 7) is 15.4. The second-order valence-electron chi connectivity index (χ2n) is 7.68. The van der Waals surface area contributed by atoms with Crippen LogP contribution in [0.15, 0.2) is 12.1 Å². The lowest BCUT2D eigenvalue weighted by molar-refractivity contribution is 0.101. The van der Waals surface area contributed by atoms with Crippen LogP contribution < -0.4 is 0 Å². The van der Waals surface area contributed by atoms with E-state index >= 15 is 0 Å². The Labute approximate surface area is 123 Å². The second kappa shape index (κ2) is 4.72. The lowest BCUT2D eigenvalue weighted by atomic mass is 9.56. The molecule has 1 unspecified atom stereocenters. The Kier molecular flexibility index (Phi) is 3.60. The van der Waals surface area contributed by atoms with Crippen molar-refractivity contribution in [1.29, 1.82) is 0 Å². The maximum atomic E-state index is 11.8. The standard InChI is InChI=1S/C19H28O/c1-8-14-11-18(4,5)16-10-15(13(3)20)12(2)9-17(16)19(14,6)7/h9-10,14H,8,11H2,1-7H3. The zero-order valence-electron chi connectivity index (χ0n) is 14.1. The fraction of sp³-hybridized carbons (Fsp3) is 0.632. The van der Waals surface area contributed by atoms with Gasteiger partial charge in [-0.3, -0.25) is 4.79 Å². The van der Waals surface area contributed by atoms with Gasteiger partial charge in [0.05, 0.1) is 0 Å². The van der Waals surface area contributed by atoms with Crippen LogP contribution >= 0.6 is 0 Å². The highest BCUT2D eigenvalue weighted by atomic mass is 16.1. The molecule has 0 aromatic heterocycles. The molecule has 1 heteroatoms. The van der Waals surface area contributed by atoms with Gasteiger partial charge in [-0.25, -0.2) is 0 Å². The van der Waals surface area contributed by atoms with Gasteiger partial charge in [0.25, 0.3) is 0 Å². The highest BCUT2D eigenvalue weighted by molar-refractivity contribution is 5.96. The zero-order valence-corrected chi connectivity index (χ0v) is 14.1. The maximum Gasteiger partial charge on any atom is 0.160 e. The minimum Gasteiger partial charge on any atom is -0.295 e. The molecule has 2 rings (SSSR count). The summed E-state index contributed by atoms with van der Waals surface area (Å²) in [6, 6.07) is 4.44. The van der Waals surface area contributed by atoms with E-state index in [0.29, 0.717) is 5.92 Å². The van der Waals surface area contributed by atoms with Crippen molar-refractivity contribution in [1.82, 2.24) is 0 Å². The van der Waals surface area contributed by atoms with Crippen molar-refractivity contribution in [3.05, 3.63) is 34.4 Å². The average Bonchev–Trinajstić information content (AvgIpc) is 2.33. The predicted molar refractivity (Wildman–Crippen MR) is 85.6 cm³/mol. The van der Waals surface area contributed by atoms with Crippen LogP contribution in [0.25, 0.3) is 0 Å². The molecule has 0 aliphatic heterocycles. The van der Waals surface area contributed by atoms with Gasteiger partial charge >= 0.3 is 0 Å². The highest BCUT2D eigenvalue weighted by Gasteiger charge is 2.43. The molecule has 0 N–H and O–H groups in total. The molecule has 1 aromatic carbocycles. The predicted octanol–water partition coefficient (Wildman–Crippen LogP) is 5.18. The molecule has 1 aliphatic rings. The van der Waals surface area contributed by atoms with Crippen molar-refractivity contribution in [2.24, 2.45) is 5.92 Å². The lowest BCUT2D eigenvalue weighted by Crippen LogP contribution is -2.41. The third-order valence-corrected chi connectivity index (χ3v) is 5.44. The van der Waals surface area contributed by atoms with E-state index in [1.165, 1.54) is 24.0 Å². The first-order chi connectivity index (χ1) is 9.11. The van der Waals surface area contributed by atoms with E-state index in [4.69, 9.17) is 0 Å². The van der Waals surface area contributed by atoms with E-state index < -0.39 is 0 Å². The molecule has 1 atom stereocenters. The molecule has 20 heavy (non-hydrogen) atoms. The van der Waals surface area contributed by atoms with Crippen molar-refractivity contribution in [2.75, 3.05) is 0 Å². The van der Waals surface area contributed by atoms with Crippen LogP contribution in [0.4, 0.5) is 0 Å². The van der Waals surface area contributed by atoms with Crippen LogP contribution in [-0.4, -0.2) is 5.78 Å². The third kappa shape index (κ3) is 2.21. The first kappa shape index (κ1) is 15.3. The van der Waals surface area contributed by atoms with Gasteiger partial charge in [0.15, 0.2) is 5.78 Å². The monoisotopic (exact) mass is 272 g/mol. The molecule has 0 amide bonds. The van der Waals surface area contributed by atoms with E-state index in [9.17, 15) is 4.79 Å². The molecule has 0 fully saturated rings. The van der Waals surface area contributed by atoms with Crippen molar-refractivity contribution in [2.45, 2.75) is 72.1 Å². The Morgan fingerprint density at radius 1 is 1.20 bits per heavy atom. The number of rotatable bonds is 2. The number of hydrogen-bond donors (Lipinski definition) is 0. The fourth-order valence-corrected chi connectivity index (χ4v) is 4.04. The van der Waals surface area contributed by atoms with Crippen molar-refractivity contribution < 1.29 is 4.79 Å². The lowest BCUT2D eigenvalue weighted by Gasteiger charge is -2.48. The van der Waals surface area contributed by atoms with Gasteiger partial charge in [-0.05, 0) is 59.8 Å². The van der Waals surface area contributed by atoms with Gasteiger partial charge in [-0.2, -0.15) is 0 Å². The smallest absolute Gasteiger partial charge is 0.160 e. The molecule has 0 saturated carbocycles. The van der Waals surface area contributed by atoms with Crippen molar-refractivity contribution in [3.8, 4) is 0 Å². The quantitative estimate of drug-likeness (QED) is 0.678. The molecule has 0 spiro atoms. The van der Waals surface area contributed by atoms with E-state index in [2.05, 4.69) is 53.7 Å². The summed E-state index contributed by atoms with van der Waals surface area (Å²) in [5, 5.41) is 0. The summed E-state index contributed by atoms with van der Waals surface area (Å²) in [4.78, 5) is 11.8. The third-order valence-electron chi connectivity index (χ3n) is 5.44. The summed E-state index contributed by atoms with van der Waals surface area (Å²) in [5.41, 5.74) is 5.19. The van der Waals surface area contributed by atoms with Gasteiger partial charge in [0.2, 0.25) is 0 Å². The number of aryl methyl sites for hydroxylation is 1. The number of Topliss-reactive ketones (excluding diaryl/α,β-unsaturated/α-hetero) is 1. The van der Waals surface area contributed by atoms with Crippen molar-refractivity contribution in [3.63, 3.8) is 0 Å². The Balaban J connectivity index is 2.73. The van der Waals surface area contributed by atoms with Crippen LogP contribution in [0.1, 0.15) is 81.4 Å². The Morgan fingerprint density at radius 2 is 1.80 bits per heavy atom. The second-order valence-corrected chi connectivity index (χ2v) is 7.68. The van der Waals surface area contributed by atoms with Gasteiger partial charge in [0, 0.05) is 5.56 Å². The average molecular weight is 272 g/mol. The first-order valence-electron chi connectivity index (χ1n) is 7.77. The topological polar surface area (TPSA) is 17.1 Å². The van der Waals surface area contributed by atoms with Crippen molar-refractivity contribution >= 4 is 5.78 Å². The number of ketones is 1. The van der Waals surface area contributed by atoms with Gasteiger partial charge in [0.1, 0.15) is 0 Å². The van der Waals surface area contributed by atoms with E-state index in [-0.39, 0.29) is 16.6 Å². The Hall–Kier alpha value is -1.11. The van der Waals surface area contributed by atoms with Gasteiger partial charge in [-0.15, -0.1) is 0 Å². The summed E-state index contributed by atoms with van der Waals surface area (Å²) in [5.74, 6) is 0.879. The molecule has 0 saturated heterocycles. The minimum absolute atomic E-state index is 0.156. The Bertz CT molecular complexity index is 549. The molecular formula is C19H28O. The minimum atomic E-state index is 0.156. The molecule has 1 aromatic rings. The molecule has 110 valence electrons. The van der Waals surface area contributed by atoms with Crippen LogP contribution in [0.2, 0.25) is 0 Å². The first-order valence-corrected chi connectivity index (χ1v) is 7.77. The number of benzene rings is 1. The number of carbonyl (C=O) groups excluding carboxylic acids is 1. The summed E-state index contributed by atoms with van der Waals surface area (Å²) in [6.07, 6.45) is 2.41. The Morgan fingerprint density at radius 3 is 2.30 bits per heavy atom. The van der Waals surface area contributed by atoms with E-state index in [1.54, 1.807) is 6.92 Å². The zero-order chi connectivity index (χ0) is 15.3. The number of carbonyl (C=O) groups is 1. The molecule has 0 bridgehead atoms. The SMILES string of the molecule is CCC1CC(C)(C)c2cc(C(C)=O)c(C)cc2C1(C)C. The fourth-order valence-electron chi connectivity index (χ4n) is 4.04. The highest BCUT2D eigenvalue weighted by Crippen LogP contribution is 2.50. The van der Waals surface area contributed by atoms with Crippen LogP contribution in [0.3, 0.4) is 0 Å². The van der Waals surface area contributed by atoms with Crippen LogP contribution in [-0.2, 0) is 10.8 Å². The number of hydrogen-bond acceptors (Lipinski definition) is 1. The maximum absolute atomic E-state index is 11.8. The molecular weight excluding hydrogens is 244 g/mol. The number of fused-ring (bicyclic) bond motifs is 1. The van der Waals surface area contributed by atoms with Gasteiger partial charge < -0.3 is 0 Å². The molecule has 1 nitrogen and oxygen atoms in total. The molecule has 0 heterocycles. The molecule has 1 aliphatic carbocycles. The largest absolute Gasteiger partial charge is 0.295 e. The van der Waals surface area contributed by atoms with E-state index in [1.807, 2.05) is 0 Å². The van der Waals surface area contributed by atoms with E-state index in [0.717, 1.165) is 11.1 Å². The summed E-state index contributed by atoms with van der Waals surface area (Å²) < 4.78 is 0. The molecule has 0 radical (unpaired) electrons. The van der Waals surface area contributed by atoms with Gasteiger partial charge in [-0.1, -0.05) is 47.1 Å². The van der Waals surface area contributed by atoms with Crippen LogP contribution in [0, 0.1) is 12.8 Å². The normalized spacial score (nSPS) is 23.2.